The molecule has 0 bridgehead atoms. The van der Waals surface area contributed by atoms with E-state index in [1.807, 2.05) is 11.8 Å². The highest BCUT2D eigenvalue weighted by atomic mass is 19.4. The number of hydrazine groups is 1. The Morgan fingerprint density at radius 3 is 1.91 bits per heavy atom. The number of nitrogens with zero attached hydrogens (tertiary/aromatic N) is 5. The van der Waals surface area contributed by atoms with Crippen LogP contribution in [0.2, 0.25) is 0 Å². The number of hydrogen-bond donors (Lipinski definition) is 2. The van der Waals surface area contributed by atoms with Gasteiger partial charge >= 0.3 is 18.5 Å². The molecular formula is C27H34F9N7. The Morgan fingerprint density at radius 1 is 0.860 bits per heavy atom. The van der Waals surface area contributed by atoms with Gasteiger partial charge in [0.1, 0.15) is 5.82 Å². The highest BCUT2D eigenvalue weighted by Gasteiger charge is 2.37. The van der Waals surface area contributed by atoms with E-state index in [4.69, 9.17) is 11.6 Å². The van der Waals surface area contributed by atoms with Crippen molar-refractivity contribution in [2.75, 3.05) is 25.0 Å². The van der Waals surface area contributed by atoms with Gasteiger partial charge in [0.05, 0.1) is 16.7 Å². The Kier molecular flexibility index (Phi) is 10.7. The summed E-state index contributed by atoms with van der Waals surface area (Å²) in [6.45, 7) is 1.57. The van der Waals surface area contributed by atoms with Gasteiger partial charge in [-0.15, -0.1) is 5.10 Å². The number of halogens is 9. The smallest absolute Gasteiger partial charge is 0.368 e. The Bertz CT molecular complexity index is 1220. The van der Waals surface area contributed by atoms with Crippen LogP contribution in [0.25, 0.3) is 0 Å². The highest BCUT2D eigenvalue weighted by molar-refractivity contribution is 5.78. The minimum Gasteiger partial charge on any atom is -0.368 e. The van der Waals surface area contributed by atoms with E-state index in [1.54, 1.807) is 0 Å². The monoisotopic (exact) mass is 627 g/mol. The lowest BCUT2D eigenvalue weighted by Gasteiger charge is -2.32. The molecule has 3 rings (SSSR count). The van der Waals surface area contributed by atoms with Crippen molar-refractivity contribution < 1.29 is 39.5 Å². The number of aromatic nitrogens is 1. The van der Waals surface area contributed by atoms with Crippen molar-refractivity contribution in [1.29, 1.82) is 0 Å². The van der Waals surface area contributed by atoms with E-state index >= 15 is 0 Å². The maximum Gasteiger partial charge on any atom is 0.417 e. The first-order valence-corrected chi connectivity index (χ1v) is 13.5. The summed E-state index contributed by atoms with van der Waals surface area (Å²) in [6, 6.07) is 1.88. The molecule has 16 heteroatoms. The van der Waals surface area contributed by atoms with Crippen LogP contribution < -0.4 is 16.5 Å². The molecule has 0 spiro atoms. The van der Waals surface area contributed by atoms with E-state index in [0.29, 0.717) is 31.4 Å². The van der Waals surface area contributed by atoms with E-state index < -0.39 is 59.8 Å². The third-order valence-electron chi connectivity index (χ3n) is 7.12. The van der Waals surface area contributed by atoms with Gasteiger partial charge in [0.15, 0.2) is 0 Å². The number of pyridine rings is 1. The van der Waals surface area contributed by atoms with Gasteiger partial charge in [0.25, 0.3) is 0 Å². The summed E-state index contributed by atoms with van der Waals surface area (Å²) in [5, 5.41) is 4.55. The van der Waals surface area contributed by atoms with Crippen LogP contribution in [0.5, 0.6) is 0 Å². The molecular weight excluding hydrogens is 593 g/mol. The summed E-state index contributed by atoms with van der Waals surface area (Å²) in [6.07, 6.45) is -9.24. The van der Waals surface area contributed by atoms with Crippen molar-refractivity contribution in [2.24, 2.45) is 22.6 Å². The zero-order valence-corrected chi connectivity index (χ0v) is 23.6. The van der Waals surface area contributed by atoms with Crippen LogP contribution in [0.4, 0.5) is 45.3 Å². The molecule has 4 N–H and O–H groups in total. The number of hydrogen-bond acceptors (Lipinski definition) is 5. The molecule has 1 aliphatic rings. The minimum absolute atomic E-state index is 0.00771. The number of alkyl halides is 9. The molecule has 2 aromatic rings. The van der Waals surface area contributed by atoms with Gasteiger partial charge in [-0.05, 0) is 55.5 Å². The summed E-state index contributed by atoms with van der Waals surface area (Å²) >= 11 is 0. The summed E-state index contributed by atoms with van der Waals surface area (Å²) in [5.41, 5.74) is 1.44. The molecule has 240 valence electrons. The van der Waals surface area contributed by atoms with Crippen LogP contribution >= 0.6 is 0 Å². The van der Waals surface area contributed by atoms with Crippen LogP contribution in [-0.2, 0) is 31.6 Å². The first-order chi connectivity index (χ1) is 19.9. The fourth-order valence-corrected chi connectivity index (χ4v) is 5.09. The van der Waals surface area contributed by atoms with Crippen LogP contribution in [0, 0.1) is 5.92 Å². The lowest BCUT2D eigenvalue weighted by molar-refractivity contribution is -0.143. The lowest BCUT2D eigenvalue weighted by Crippen LogP contribution is -2.40. The first kappa shape index (κ1) is 34.1. The molecule has 1 heterocycles. The number of hydrazone groups is 1. The molecule has 1 saturated carbocycles. The molecule has 0 unspecified atom stereocenters. The van der Waals surface area contributed by atoms with Gasteiger partial charge in [-0.1, -0.05) is 19.3 Å². The van der Waals surface area contributed by atoms with Gasteiger partial charge in [0, 0.05) is 45.0 Å². The highest BCUT2D eigenvalue weighted by Crippen LogP contribution is 2.37. The summed E-state index contributed by atoms with van der Waals surface area (Å²) in [4.78, 5) is 6.99. The molecule has 0 saturated heterocycles. The summed E-state index contributed by atoms with van der Waals surface area (Å²) < 4.78 is 122. The van der Waals surface area contributed by atoms with Crippen LogP contribution in [-0.4, -0.2) is 41.1 Å². The molecule has 0 amide bonds. The van der Waals surface area contributed by atoms with Crippen LogP contribution in [0.3, 0.4) is 0 Å². The van der Waals surface area contributed by atoms with Crippen molar-refractivity contribution in [1.82, 2.24) is 15.0 Å². The fraction of sp³-hybridized carbons (Fsp3) is 0.556. The summed E-state index contributed by atoms with van der Waals surface area (Å²) in [5.74, 6) is 5.57. The Labute approximate surface area is 243 Å². The predicted molar refractivity (Wildman–Crippen MR) is 143 cm³/mol. The van der Waals surface area contributed by atoms with Crippen molar-refractivity contribution in [3.8, 4) is 0 Å². The molecule has 0 aliphatic heterocycles. The normalized spacial score (nSPS) is 15.5. The molecule has 0 atom stereocenters. The topological polar surface area (TPSA) is 87.0 Å². The zero-order valence-electron chi connectivity index (χ0n) is 23.6. The molecule has 1 aromatic carbocycles. The maximum absolute atomic E-state index is 13.7. The molecule has 7 nitrogen and oxygen atoms in total. The number of guanidine groups is 1. The van der Waals surface area contributed by atoms with Crippen molar-refractivity contribution in [2.45, 2.75) is 70.6 Å². The van der Waals surface area contributed by atoms with Crippen LogP contribution in [0.1, 0.15) is 66.8 Å². The second-order valence-electron chi connectivity index (χ2n) is 10.5. The van der Waals surface area contributed by atoms with E-state index in [1.165, 1.54) is 7.05 Å². The van der Waals surface area contributed by atoms with Crippen molar-refractivity contribution in [3.63, 3.8) is 0 Å². The molecule has 1 fully saturated rings. The van der Waals surface area contributed by atoms with E-state index in [-0.39, 0.29) is 23.4 Å². The van der Waals surface area contributed by atoms with E-state index in [2.05, 4.69) is 10.1 Å². The number of anilines is 1. The first-order valence-electron chi connectivity index (χ1n) is 13.5. The van der Waals surface area contributed by atoms with E-state index in [0.717, 1.165) is 48.2 Å². The number of benzene rings is 1. The average molecular weight is 628 g/mol. The van der Waals surface area contributed by atoms with Gasteiger partial charge in [-0.3, -0.25) is 0 Å². The maximum atomic E-state index is 13.7. The van der Waals surface area contributed by atoms with Crippen molar-refractivity contribution >= 4 is 11.8 Å². The molecule has 1 aliphatic carbocycles. The lowest BCUT2D eigenvalue weighted by atomic mass is 9.89. The minimum atomic E-state index is -5.10. The SMILES string of the molecule is CCN(CC1CCCCC1)c1ncc(C(F)(F)F)cc1CN(Cc1cc(C(F)(F)F)cc(C(F)(F)F)c1)/C(N)=N/N(C)N. The second kappa shape index (κ2) is 13.5. The van der Waals surface area contributed by atoms with Gasteiger partial charge in [-0.2, -0.15) is 39.5 Å². The Balaban J connectivity index is 2.11. The van der Waals surface area contributed by atoms with Gasteiger partial charge in [0.2, 0.25) is 5.96 Å². The Morgan fingerprint density at radius 2 is 1.42 bits per heavy atom. The standard InChI is InChI=1S/C27H34F9N7/c1-3-42(14-17-7-5-4-6-8-17)23-19(11-22(13-39-23)27(34,35)36)16-43(24(37)40-41(2)38)15-18-9-20(25(28,29)30)12-21(10-18)26(31,32)33/h9-13,17H,3-8,14-16,38H2,1-2H3,(H2,37,40). The third kappa shape index (κ3) is 9.53. The molecule has 43 heavy (non-hydrogen) atoms. The summed E-state index contributed by atoms with van der Waals surface area (Å²) in [7, 11) is 1.26. The Hall–Kier alpha value is -3.43. The number of rotatable bonds is 9. The second-order valence-corrected chi connectivity index (χ2v) is 10.5. The largest absolute Gasteiger partial charge is 0.417 e. The molecule has 0 radical (unpaired) electrons. The predicted octanol–water partition coefficient (Wildman–Crippen LogP) is 6.58. The fourth-order valence-electron chi connectivity index (χ4n) is 5.09. The third-order valence-corrected chi connectivity index (χ3v) is 7.12. The van der Waals surface area contributed by atoms with E-state index in [9.17, 15) is 39.5 Å². The van der Waals surface area contributed by atoms with Crippen LogP contribution in [0.15, 0.2) is 35.6 Å². The van der Waals surface area contributed by atoms with Gasteiger partial charge in [-0.25, -0.2) is 15.9 Å². The zero-order chi connectivity index (χ0) is 32.2. The number of nitrogens with two attached hydrogens (primary N) is 2. The quantitative estimate of drug-likeness (QED) is 0.107. The van der Waals surface area contributed by atoms with Gasteiger partial charge < -0.3 is 15.5 Å². The van der Waals surface area contributed by atoms with Crippen molar-refractivity contribution in [3.05, 3.63) is 58.3 Å². The molecule has 1 aromatic heterocycles. The average Bonchev–Trinajstić information content (AvgIpc) is 2.90.